The Morgan fingerprint density at radius 3 is 2.33 bits per heavy atom. The summed E-state index contributed by atoms with van der Waals surface area (Å²) in [5.74, 6) is 0. The van der Waals surface area contributed by atoms with Gasteiger partial charge in [0.1, 0.15) is 0 Å². The van der Waals surface area contributed by atoms with Crippen LogP contribution in [0, 0.1) is 13.8 Å². The van der Waals surface area contributed by atoms with Gasteiger partial charge >= 0.3 is 0 Å². The molecule has 0 atom stereocenters. The Morgan fingerprint density at radius 2 is 1.80 bits per heavy atom. The van der Waals surface area contributed by atoms with E-state index in [0.29, 0.717) is 5.11 Å². The van der Waals surface area contributed by atoms with Crippen LogP contribution in [0.1, 0.15) is 18.1 Å². The van der Waals surface area contributed by atoms with Crippen molar-refractivity contribution in [2.24, 2.45) is 0 Å². The van der Waals surface area contributed by atoms with E-state index >= 15 is 0 Å². The Kier molecular flexibility index (Phi) is 4.37. The number of hydrogen-bond donors (Lipinski definition) is 3. The first kappa shape index (κ1) is 11.8. The molecule has 0 heterocycles. The smallest absolute Gasteiger partial charge is 0.185 e. The third-order valence-corrected chi connectivity index (χ3v) is 2.13. The molecule has 0 fully saturated rings. The van der Waals surface area contributed by atoms with Gasteiger partial charge in [0.2, 0.25) is 0 Å². The molecule has 0 spiro atoms. The molecule has 0 aliphatic heterocycles. The van der Waals surface area contributed by atoms with Crippen LogP contribution in [0.3, 0.4) is 0 Å². The lowest BCUT2D eigenvalue weighted by atomic mass is 10.1. The Labute approximate surface area is 96.2 Å². The average Bonchev–Trinajstić information content (AvgIpc) is 2.14. The van der Waals surface area contributed by atoms with E-state index in [-0.39, 0.29) is 0 Å². The maximum absolute atomic E-state index is 5.03. The molecule has 0 saturated heterocycles. The largest absolute Gasteiger partial charge is 0.362 e. The van der Waals surface area contributed by atoms with Crippen LogP contribution in [0.5, 0.6) is 0 Å². The van der Waals surface area contributed by atoms with Crippen molar-refractivity contribution in [1.29, 1.82) is 0 Å². The summed E-state index contributed by atoms with van der Waals surface area (Å²) in [5, 5.41) is 3.61. The number of rotatable bonds is 3. The van der Waals surface area contributed by atoms with Crippen LogP contribution < -0.4 is 16.2 Å². The maximum Gasteiger partial charge on any atom is 0.185 e. The molecule has 0 radical (unpaired) electrons. The number of thiocarbonyl (C=S) groups is 1. The summed E-state index contributed by atoms with van der Waals surface area (Å²) in [7, 11) is 0. The normalized spacial score (nSPS) is 9.53. The molecule has 0 amide bonds. The number of nitrogens with one attached hydrogen (secondary N) is 3. The van der Waals surface area contributed by atoms with Crippen LogP contribution >= 0.6 is 12.2 Å². The van der Waals surface area contributed by atoms with Crippen LogP contribution in [0.2, 0.25) is 0 Å². The van der Waals surface area contributed by atoms with Gasteiger partial charge in [-0.05, 0) is 56.2 Å². The fraction of sp³-hybridized carbons (Fsp3) is 0.364. The van der Waals surface area contributed by atoms with Crippen molar-refractivity contribution in [1.82, 2.24) is 10.7 Å². The summed E-state index contributed by atoms with van der Waals surface area (Å²) in [5.41, 5.74) is 9.46. The maximum atomic E-state index is 5.03. The van der Waals surface area contributed by atoms with Crippen molar-refractivity contribution >= 4 is 23.0 Å². The van der Waals surface area contributed by atoms with Crippen LogP contribution in [0.25, 0.3) is 0 Å². The number of anilines is 1. The molecule has 0 saturated carbocycles. The molecule has 0 unspecified atom stereocenters. The number of hydrazine groups is 1. The van der Waals surface area contributed by atoms with Crippen molar-refractivity contribution in [3.63, 3.8) is 0 Å². The van der Waals surface area contributed by atoms with E-state index in [1.54, 1.807) is 0 Å². The Bertz CT molecular complexity index is 329. The van der Waals surface area contributed by atoms with Gasteiger partial charge in [-0.25, -0.2) is 0 Å². The molecular weight excluding hydrogens is 206 g/mol. The summed E-state index contributed by atoms with van der Waals surface area (Å²) in [4.78, 5) is 0. The van der Waals surface area contributed by atoms with Gasteiger partial charge in [-0.2, -0.15) is 0 Å². The zero-order valence-corrected chi connectivity index (χ0v) is 10.2. The molecule has 4 heteroatoms. The van der Waals surface area contributed by atoms with E-state index in [1.165, 1.54) is 11.1 Å². The van der Waals surface area contributed by atoms with Crippen LogP contribution in [0.4, 0.5) is 5.69 Å². The molecule has 15 heavy (non-hydrogen) atoms. The van der Waals surface area contributed by atoms with E-state index in [4.69, 9.17) is 12.2 Å². The minimum atomic E-state index is 0.608. The second-order valence-corrected chi connectivity index (χ2v) is 3.89. The second-order valence-electron chi connectivity index (χ2n) is 3.49. The third-order valence-electron chi connectivity index (χ3n) is 1.88. The summed E-state index contributed by atoms with van der Waals surface area (Å²) >= 11 is 5.03. The van der Waals surface area contributed by atoms with Crippen LogP contribution in [-0.2, 0) is 0 Å². The van der Waals surface area contributed by atoms with E-state index < -0.39 is 0 Å². The summed E-state index contributed by atoms with van der Waals surface area (Å²) in [6, 6.07) is 6.26. The van der Waals surface area contributed by atoms with Crippen molar-refractivity contribution in [2.45, 2.75) is 20.8 Å². The van der Waals surface area contributed by atoms with E-state index in [9.17, 15) is 0 Å². The molecule has 1 aromatic rings. The standard InChI is InChI=1S/C11H17N3S/c1-4-12-11(15)14-13-10-6-8(2)5-9(3)7-10/h5-7,13H,4H2,1-3H3,(H2,12,14,15). The Balaban J connectivity index is 2.54. The van der Waals surface area contributed by atoms with Crippen LogP contribution in [0.15, 0.2) is 18.2 Å². The van der Waals surface area contributed by atoms with Gasteiger partial charge in [-0.15, -0.1) is 0 Å². The summed E-state index contributed by atoms with van der Waals surface area (Å²) < 4.78 is 0. The molecule has 1 rings (SSSR count). The predicted octanol–water partition coefficient (Wildman–Crippen LogP) is 2.11. The highest BCUT2D eigenvalue weighted by Gasteiger charge is 1.96. The molecule has 3 nitrogen and oxygen atoms in total. The highest BCUT2D eigenvalue weighted by Crippen LogP contribution is 2.12. The fourth-order valence-electron chi connectivity index (χ4n) is 1.38. The van der Waals surface area contributed by atoms with Gasteiger partial charge in [-0.1, -0.05) is 6.07 Å². The van der Waals surface area contributed by atoms with Gasteiger partial charge in [0.25, 0.3) is 0 Å². The van der Waals surface area contributed by atoms with Gasteiger partial charge in [0.05, 0.1) is 5.69 Å². The van der Waals surface area contributed by atoms with Crippen LogP contribution in [-0.4, -0.2) is 11.7 Å². The zero-order valence-electron chi connectivity index (χ0n) is 9.35. The first-order valence-corrected chi connectivity index (χ1v) is 5.41. The molecule has 0 aliphatic carbocycles. The Morgan fingerprint density at radius 1 is 1.20 bits per heavy atom. The summed E-state index contributed by atoms with van der Waals surface area (Å²) in [6.07, 6.45) is 0. The van der Waals surface area contributed by atoms with Crippen molar-refractivity contribution in [3.05, 3.63) is 29.3 Å². The number of hydrogen-bond acceptors (Lipinski definition) is 2. The average molecular weight is 223 g/mol. The minimum Gasteiger partial charge on any atom is -0.362 e. The van der Waals surface area contributed by atoms with Crippen molar-refractivity contribution in [2.75, 3.05) is 12.0 Å². The summed E-state index contributed by atoms with van der Waals surface area (Å²) in [6.45, 7) is 6.97. The highest BCUT2D eigenvalue weighted by molar-refractivity contribution is 7.80. The quantitative estimate of drug-likeness (QED) is 0.542. The molecule has 82 valence electrons. The van der Waals surface area contributed by atoms with Gasteiger partial charge in [0.15, 0.2) is 5.11 Å². The third kappa shape index (κ3) is 4.16. The van der Waals surface area contributed by atoms with Gasteiger partial charge in [-0.3, -0.25) is 10.9 Å². The number of benzene rings is 1. The predicted molar refractivity (Wildman–Crippen MR) is 68.9 cm³/mol. The SMILES string of the molecule is CCNC(=S)NNc1cc(C)cc(C)c1. The fourth-order valence-corrected chi connectivity index (χ4v) is 1.58. The molecule has 3 N–H and O–H groups in total. The Hall–Kier alpha value is -1.29. The lowest BCUT2D eigenvalue weighted by Crippen LogP contribution is -2.38. The molecule has 0 aromatic heterocycles. The number of aryl methyl sites for hydroxylation is 2. The zero-order chi connectivity index (χ0) is 11.3. The molecule has 0 aliphatic rings. The molecular formula is C11H17N3S. The lowest BCUT2D eigenvalue weighted by Gasteiger charge is -2.12. The van der Waals surface area contributed by atoms with Gasteiger partial charge in [0, 0.05) is 6.54 Å². The van der Waals surface area contributed by atoms with E-state index in [1.807, 2.05) is 6.92 Å². The van der Waals surface area contributed by atoms with Crippen molar-refractivity contribution < 1.29 is 0 Å². The topological polar surface area (TPSA) is 36.1 Å². The monoisotopic (exact) mass is 223 g/mol. The van der Waals surface area contributed by atoms with E-state index in [2.05, 4.69) is 48.2 Å². The van der Waals surface area contributed by atoms with Gasteiger partial charge < -0.3 is 5.32 Å². The minimum absolute atomic E-state index is 0.608. The first-order valence-electron chi connectivity index (χ1n) is 5.00. The molecule has 1 aromatic carbocycles. The second kappa shape index (κ2) is 5.56. The lowest BCUT2D eigenvalue weighted by molar-refractivity contribution is 0.928. The highest BCUT2D eigenvalue weighted by atomic mass is 32.1. The van der Waals surface area contributed by atoms with E-state index in [0.717, 1.165) is 12.2 Å². The molecule has 0 bridgehead atoms. The van der Waals surface area contributed by atoms with Crippen molar-refractivity contribution in [3.8, 4) is 0 Å². The first-order chi connectivity index (χ1) is 7.11.